The number of hydrogen-bond acceptors (Lipinski definition) is 2. The minimum absolute atomic E-state index is 0.224. The van der Waals surface area contributed by atoms with Gasteiger partial charge in [-0.1, -0.05) is 13.8 Å². The van der Waals surface area contributed by atoms with E-state index in [0.29, 0.717) is 24.8 Å². The summed E-state index contributed by atoms with van der Waals surface area (Å²) >= 11 is 0. The molecule has 0 saturated heterocycles. The molecule has 0 aliphatic carbocycles. The third-order valence-electron chi connectivity index (χ3n) is 2.81. The minimum atomic E-state index is -4.31. The molecule has 2 N–H and O–H groups in total. The van der Waals surface area contributed by atoms with Gasteiger partial charge in [-0.05, 0) is 43.1 Å². The minimum Gasteiger partial charge on any atom is -0.493 e. The highest BCUT2D eigenvalue weighted by molar-refractivity contribution is 5.28. The first-order valence-electron chi connectivity index (χ1n) is 6.33. The van der Waals surface area contributed by atoms with Gasteiger partial charge in [0.1, 0.15) is 5.75 Å². The fourth-order valence-corrected chi connectivity index (χ4v) is 1.85. The number of alkyl halides is 3. The smallest absolute Gasteiger partial charge is 0.416 e. The highest BCUT2D eigenvalue weighted by atomic mass is 19.4. The zero-order valence-electron chi connectivity index (χ0n) is 11.2. The summed E-state index contributed by atoms with van der Waals surface area (Å²) < 4.78 is 42.6. The first kappa shape index (κ1) is 15.8. The average molecular weight is 275 g/mol. The molecule has 1 unspecified atom stereocenters. The van der Waals surface area contributed by atoms with E-state index >= 15 is 0 Å². The van der Waals surface area contributed by atoms with E-state index in [-0.39, 0.29) is 5.92 Å². The Labute approximate surface area is 111 Å². The van der Waals surface area contributed by atoms with Crippen LogP contribution in [0.15, 0.2) is 24.3 Å². The van der Waals surface area contributed by atoms with Crippen LogP contribution in [0.5, 0.6) is 5.75 Å². The molecule has 0 aliphatic heterocycles. The molecule has 0 amide bonds. The maximum Gasteiger partial charge on any atom is 0.416 e. The number of benzene rings is 1. The molecular formula is C14H20F3NO. The molecule has 2 nitrogen and oxygen atoms in total. The summed E-state index contributed by atoms with van der Waals surface area (Å²) in [5.41, 5.74) is 4.97. The van der Waals surface area contributed by atoms with Gasteiger partial charge in [-0.2, -0.15) is 13.2 Å². The van der Waals surface area contributed by atoms with Gasteiger partial charge in [0.15, 0.2) is 0 Å². The Morgan fingerprint density at radius 2 is 1.74 bits per heavy atom. The van der Waals surface area contributed by atoms with Crippen LogP contribution in [-0.4, -0.2) is 13.2 Å². The summed E-state index contributed by atoms with van der Waals surface area (Å²) in [6.07, 6.45) is -3.37. The summed E-state index contributed by atoms with van der Waals surface area (Å²) in [7, 11) is 0. The highest BCUT2D eigenvalue weighted by Crippen LogP contribution is 2.30. The molecule has 5 heteroatoms. The lowest BCUT2D eigenvalue weighted by Gasteiger charge is -2.18. The van der Waals surface area contributed by atoms with Crippen molar-refractivity contribution in [1.29, 1.82) is 0 Å². The molecule has 0 spiro atoms. The Hall–Kier alpha value is -1.23. The third-order valence-corrected chi connectivity index (χ3v) is 2.81. The van der Waals surface area contributed by atoms with Crippen LogP contribution in [0, 0.1) is 11.8 Å². The van der Waals surface area contributed by atoms with Gasteiger partial charge in [-0.15, -0.1) is 0 Å². The maximum absolute atomic E-state index is 12.4. The molecular weight excluding hydrogens is 255 g/mol. The van der Waals surface area contributed by atoms with Crippen LogP contribution in [0.4, 0.5) is 13.2 Å². The van der Waals surface area contributed by atoms with Crippen molar-refractivity contribution in [3.63, 3.8) is 0 Å². The monoisotopic (exact) mass is 275 g/mol. The van der Waals surface area contributed by atoms with Gasteiger partial charge < -0.3 is 10.5 Å². The molecule has 1 aromatic carbocycles. The van der Waals surface area contributed by atoms with Gasteiger partial charge in [-0.25, -0.2) is 0 Å². The lowest BCUT2D eigenvalue weighted by molar-refractivity contribution is -0.137. The number of hydrogen-bond donors (Lipinski definition) is 1. The SMILES string of the molecule is CC(C)CC(CN)COc1ccc(C(F)(F)F)cc1. The predicted molar refractivity (Wildman–Crippen MR) is 68.9 cm³/mol. The molecule has 0 bridgehead atoms. The molecule has 0 radical (unpaired) electrons. The van der Waals surface area contributed by atoms with Crippen molar-refractivity contribution in [3.8, 4) is 5.75 Å². The first-order valence-corrected chi connectivity index (χ1v) is 6.33. The summed E-state index contributed by atoms with van der Waals surface area (Å²) in [4.78, 5) is 0. The van der Waals surface area contributed by atoms with Crippen LogP contribution >= 0.6 is 0 Å². The summed E-state index contributed by atoms with van der Waals surface area (Å²) in [6, 6.07) is 4.72. The van der Waals surface area contributed by atoms with Gasteiger partial charge >= 0.3 is 6.18 Å². The molecule has 0 heterocycles. The van der Waals surface area contributed by atoms with Gasteiger partial charge in [0.05, 0.1) is 12.2 Å². The van der Waals surface area contributed by atoms with Crippen LogP contribution in [0.1, 0.15) is 25.8 Å². The van der Waals surface area contributed by atoms with E-state index < -0.39 is 11.7 Å². The predicted octanol–water partition coefficient (Wildman–Crippen LogP) is 3.71. The zero-order valence-corrected chi connectivity index (χ0v) is 11.2. The molecule has 0 saturated carbocycles. The van der Waals surface area contributed by atoms with Crippen molar-refractivity contribution >= 4 is 0 Å². The van der Waals surface area contributed by atoms with Crippen LogP contribution in [0.25, 0.3) is 0 Å². The molecule has 0 aliphatic rings. The Balaban J connectivity index is 2.54. The van der Waals surface area contributed by atoms with Crippen LogP contribution in [0.2, 0.25) is 0 Å². The van der Waals surface area contributed by atoms with Crippen LogP contribution in [0.3, 0.4) is 0 Å². The highest BCUT2D eigenvalue weighted by Gasteiger charge is 2.30. The quantitative estimate of drug-likeness (QED) is 0.859. The van der Waals surface area contributed by atoms with Crippen molar-refractivity contribution in [2.45, 2.75) is 26.4 Å². The van der Waals surface area contributed by atoms with Crippen molar-refractivity contribution < 1.29 is 17.9 Å². The van der Waals surface area contributed by atoms with Crippen molar-refractivity contribution in [3.05, 3.63) is 29.8 Å². The lowest BCUT2D eigenvalue weighted by atomic mass is 9.98. The number of rotatable bonds is 6. The fraction of sp³-hybridized carbons (Fsp3) is 0.571. The van der Waals surface area contributed by atoms with Gasteiger partial charge in [0.2, 0.25) is 0 Å². The average Bonchev–Trinajstić information content (AvgIpc) is 2.33. The largest absolute Gasteiger partial charge is 0.493 e. The molecule has 1 rings (SSSR count). The Bertz CT molecular complexity index is 373. The summed E-state index contributed by atoms with van der Waals surface area (Å²) in [6.45, 7) is 5.14. The second kappa shape index (κ2) is 6.80. The van der Waals surface area contributed by atoms with E-state index in [4.69, 9.17) is 10.5 Å². The van der Waals surface area contributed by atoms with Gasteiger partial charge in [0, 0.05) is 5.92 Å². The zero-order chi connectivity index (χ0) is 14.5. The van der Waals surface area contributed by atoms with Crippen LogP contribution in [-0.2, 0) is 6.18 Å². The summed E-state index contributed by atoms with van der Waals surface area (Å²) in [5.74, 6) is 1.18. The standard InChI is InChI=1S/C14H20F3NO/c1-10(2)7-11(8-18)9-19-13-5-3-12(4-6-13)14(15,16)17/h3-6,10-11H,7-9,18H2,1-2H3. The Kier molecular flexibility index (Phi) is 5.66. The van der Waals surface area contributed by atoms with E-state index in [2.05, 4.69) is 13.8 Å². The molecule has 1 atom stereocenters. The molecule has 0 aromatic heterocycles. The van der Waals surface area contributed by atoms with E-state index in [0.717, 1.165) is 18.6 Å². The number of nitrogens with two attached hydrogens (primary N) is 1. The van der Waals surface area contributed by atoms with Crippen molar-refractivity contribution in [2.75, 3.05) is 13.2 Å². The topological polar surface area (TPSA) is 35.2 Å². The van der Waals surface area contributed by atoms with Crippen LogP contribution < -0.4 is 10.5 Å². The van der Waals surface area contributed by atoms with Crippen molar-refractivity contribution in [2.24, 2.45) is 17.6 Å². The Morgan fingerprint density at radius 1 is 1.16 bits per heavy atom. The summed E-state index contributed by atoms with van der Waals surface area (Å²) in [5, 5.41) is 0. The van der Waals surface area contributed by atoms with E-state index in [1.54, 1.807) is 0 Å². The normalized spacial score (nSPS) is 13.6. The molecule has 19 heavy (non-hydrogen) atoms. The van der Waals surface area contributed by atoms with Crippen molar-refractivity contribution in [1.82, 2.24) is 0 Å². The molecule has 0 fully saturated rings. The second-order valence-electron chi connectivity index (χ2n) is 5.06. The third kappa shape index (κ3) is 5.51. The maximum atomic E-state index is 12.4. The number of halogens is 3. The number of ether oxygens (including phenoxy) is 1. The Morgan fingerprint density at radius 3 is 2.16 bits per heavy atom. The van der Waals surface area contributed by atoms with Gasteiger partial charge in [-0.3, -0.25) is 0 Å². The van der Waals surface area contributed by atoms with Gasteiger partial charge in [0.25, 0.3) is 0 Å². The first-order chi connectivity index (χ1) is 8.82. The lowest BCUT2D eigenvalue weighted by Crippen LogP contribution is -2.23. The second-order valence-corrected chi connectivity index (χ2v) is 5.06. The van der Waals surface area contributed by atoms with E-state index in [1.165, 1.54) is 12.1 Å². The van der Waals surface area contributed by atoms with E-state index in [1.807, 2.05) is 0 Å². The van der Waals surface area contributed by atoms with E-state index in [9.17, 15) is 13.2 Å². The molecule has 1 aromatic rings. The molecule has 108 valence electrons. The fourth-order valence-electron chi connectivity index (χ4n) is 1.85.